The van der Waals surface area contributed by atoms with Gasteiger partial charge in [-0.25, -0.2) is 9.97 Å². The Morgan fingerprint density at radius 2 is 2.04 bits per heavy atom. The fourth-order valence-corrected chi connectivity index (χ4v) is 3.86. The molecule has 1 unspecified atom stereocenters. The summed E-state index contributed by atoms with van der Waals surface area (Å²) in [6, 6.07) is 6.00. The number of carbonyl (C=O) groups is 1. The molecule has 4 rings (SSSR count). The Bertz CT molecular complexity index is 744. The van der Waals surface area contributed by atoms with E-state index in [0.717, 1.165) is 66.8 Å². The average molecular weight is 375 g/mol. The highest BCUT2D eigenvalue weighted by molar-refractivity contribution is 9.10. The smallest absolute Gasteiger partial charge is 0.227 e. The second-order valence-corrected chi connectivity index (χ2v) is 7.25. The lowest BCUT2D eigenvalue weighted by Crippen LogP contribution is -2.35. The number of carbonyl (C=O) groups excluding carboxylic acids is 1. The minimum absolute atomic E-state index is 0.0947. The molecule has 1 aromatic carbocycles. The number of likely N-dealkylation sites (tertiary alicyclic amines) is 1. The number of amides is 1. The number of rotatable bonds is 2. The van der Waals surface area contributed by atoms with E-state index >= 15 is 0 Å². The monoisotopic (exact) mass is 374 g/mol. The highest BCUT2D eigenvalue weighted by Gasteiger charge is 2.33. The molecular weight excluding hydrogens is 356 g/mol. The number of aromatic nitrogens is 2. The van der Waals surface area contributed by atoms with Gasteiger partial charge in [-0.05, 0) is 37.5 Å². The molecule has 2 saturated heterocycles. The van der Waals surface area contributed by atoms with Crippen LogP contribution in [0.5, 0.6) is 0 Å². The Morgan fingerprint density at radius 1 is 1.22 bits per heavy atom. The lowest BCUT2D eigenvalue weighted by atomic mass is 10.1. The molecule has 0 N–H and O–H groups in total. The van der Waals surface area contributed by atoms with Crippen LogP contribution in [0.1, 0.15) is 19.3 Å². The summed E-state index contributed by atoms with van der Waals surface area (Å²) in [5.74, 6) is 1.14. The molecule has 1 aromatic heterocycles. The molecule has 0 saturated carbocycles. The van der Waals surface area contributed by atoms with Crippen LogP contribution < -0.4 is 4.90 Å². The first kappa shape index (κ1) is 14.9. The summed E-state index contributed by atoms with van der Waals surface area (Å²) < 4.78 is 1.03. The number of fused-ring (bicyclic) bond motifs is 1. The highest BCUT2D eigenvalue weighted by atomic mass is 79.9. The van der Waals surface area contributed by atoms with E-state index in [0.29, 0.717) is 5.91 Å². The number of hydrogen-bond donors (Lipinski definition) is 0. The average Bonchev–Trinajstić information content (AvgIpc) is 3.25. The summed E-state index contributed by atoms with van der Waals surface area (Å²) in [4.78, 5) is 25.8. The maximum Gasteiger partial charge on any atom is 0.227 e. The van der Waals surface area contributed by atoms with Crippen molar-refractivity contribution in [1.82, 2.24) is 14.9 Å². The first-order valence-corrected chi connectivity index (χ1v) is 8.96. The molecule has 2 aromatic rings. The van der Waals surface area contributed by atoms with Crippen molar-refractivity contribution in [3.63, 3.8) is 0 Å². The molecule has 1 atom stereocenters. The molecule has 0 radical (unpaired) electrons. The van der Waals surface area contributed by atoms with Crippen molar-refractivity contribution in [1.29, 1.82) is 0 Å². The normalized spacial score (nSPS) is 21.3. The summed E-state index contributed by atoms with van der Waals surface area (Å²) in [6.07, 6.45) is 5.05. The van der Waals surface area contributed by atoms with E-state index in [1.54, 1.807) is 0 Å². The van der Waals surface area contributed by atoms with Crippen molar-refractivity contribution in [2.75, 3.05) is 31.1 Å². The molecule has 1 amide bonds. The fraction of sp³-hybridized carbons (Fsp3) is 0.471. The van der Waals surface area contributed by atoms with Gasteiger partial charge in [0.05, 0.1) is 11.4 Å². The van der Waals surface area contributed by atoms with E-state index < -0.39 is 0 Å². The Kier molecular flexibility index (Phi) is 3.93. The van der Waals surface area contributed by atoms with Crippen LogP contribution in [-0.4, -0.2) is 47.0 Å². The van der Waals surface area contributed by atoms with Gasteiger partial charge in [0.15, 0.2) is 0 Å². The Balaban J connectivity index is 1.50. The first-order chi connectivity index (χ1) is 11.2. The second-order valence-electron chi connectivity index (χ2n) is 6.34. The van der Waals surface area contributed by atoms with Crippen molar-refractivity contribution >= 4 is 38.7 Å². The van der Waals surface area contributed by atoms with E-state index in [1.807, 2.05) is 29.3 Å². The number of hydrogen-bond acceptors (Lipinski definition) is 4. The predicted octanol–water partition coefficient (Wildman–Crippen LogP) is 2.84. The SMILES string of the molecule is O=C(C1CCN(c2ncc3cc(Br)ccc3n2)C1)N1CCCC1. The van der Waals surface area contributed by atoms with Gasteiger partial charge in [-0.15, -0.1) is 0 Å². The lowest BCUT2D eigenvalue weighted by Gasteiger charge is -2.20. The van der Waals surface area contributed by atoms with Gasteiger partial charge in [0.1, 0.15) is 0 Å². The van der Waals surface area contributed by atoms with Crippen LogP contribution in [-0.2, 0) is 4.79 Å². The Morgan fingerprint density at radius 3 is 2.87 bits per heavy atom. The topological polar surface area (TPSA) is 49.3 Å². The van der Waals surface area contributed by atoms with Crippen LogP contribution in [0, 0.1) is 5.92 Å². The fourth-order valence-electron chi connectivity index (χ4n) is 3.49. The number of anilines is 1. The highest BCUT2D eigenvalue weighted by Crippen LogP contribution is 2.26. The third kappa shape index (κ3) is 2.92. The van der Waals surface area contributed by atoms with Crippen molar-refractivity contribution in [3.05, 3.63) is 28.9 Å². The van der Waals surface area contributed by atoms with Crippen LogP contribution in [0.3, 0.4) is 0 Å². The predicted molar refractivity (Wildman–Crippen MR) is 93.4 cm³/mol. The maximum absolute atomic E-state index is 12.5. The molecule has 0 aliphatic carbocycles. The molecule has 3 heterocycles. The van der Waals surface area contributed by atoms with Crippen LogP contribution >= 0.6 is 15.9 Å². The molecule has 0 bridgehead atoms. The summed E-state index contributed by atoms with van der Waals surface area (Å²) >= 11 is 3.47. The Hall–Kier alpha value is -1.69. The summed E-state index contributed by atoms with van der Waals surface area (Å²) in [7, 11) is 0. The van der Waals surface area contributed by atoms with Crippen molar-refractivity contribution in [2.24, 2.45) is 5.92 Å². The summed E-state index contributed by atoms with van der Waals surface area (Å²) in [5.41, 5.74) is 0.938. The van der Waals surface area contributed by atoms with Crippen LogP contribution in [0.15, 0.2) is 28.9 Å². The standard InChI is InChI=1S/C17H19BrN4O/c18-14-3-4-15-13(9-14)10-19-17(20-15)22-8-5-12(11-22)16(23)21-6-1-2-7-21/h3-4,9-10,12H,1-2,5-8,11H2. The molecule has 120 valence electrons. The second kappa shape index (κ2) is 6.07. The van der Waals surface area contributed by atoms with E-state index in [9.17, 15) is 4.79 Å². The van der Waals surface area contributed by atoms with Crippen molar-refractivity contribution in [2.45, 2.75) is 19.3 Å². The van der Waals surface area contributed by atoms with Gasteiger partial charge in [0.2, 0.25) is 11.9 Å². The van der Waals surface area contributed by atoms with E-state index in [2.05, 4.69) is 30.8 Å². The zero-order chi connectivity index (χ0) is 15.8. The van der Waals surface area contributed by atoms with E-state index in [-0.39, 0.29) is 5.92 Å². The van der Waals surface area contributed by atoms with Crippen LogP contribution in [0.2, 0.25) is 0 Å². The van der Waals surface area contributed by atoms with E-state index in [1.165, 1.54) is 0 Å². The third-order valence-electron chi connectivity index (χ3n) is 4.77. The number of benzene rings is 1. The van der Waals surface area contributed by atoms with E-state index in [4.69, 9.17) is 0 Å². The van der Waals surface area contributed by atoms with Gasteiger partial charge in [0, 0.05) is 42.2 Å². The van der Waals surface area contributed by atoms with Gasteiger partial charge in [-0.3, -0.25) is 4.79 Å². The Labute approximate surface area is 143 Å². The molecule has 2 aliphatic rings. The summed E-state index contributed by atoms with van der Waals surface area (Å²) in [5, 5.41) is 1.02. The minimum atomic E-state index is 0.0947. The molecule has 2 aliphatic heterocycles. The minimum Gasteiger partial charge on any atom is -0.342 e. The largest absolute Gasteiger partial charge is 0.342 e. The van der Waals surface area contributed by atoms with Crippen LogP contribution in [0.4, 0.5) is 5.95 Å². The van der Waals surface area contributed by atoms with Crippen molar-refractivity contribution in [3.8, 4) is 0 Å². The number of halogens is 1. The maximum atomic E-state index is 12.5. The molecule has 5 nitrogen and oxygen atoms in total. The van der Waals surface area contributed by atoms with Gasteiger partial charge in [0.25, 0.3) is 0 Å². The van der Waals surface area contributed by atoms with Gasteiger partial charge in [-0.2, -0.15) is 0 Å². The lowest BCUT2D eigenvalue weighted by molar-refractivity contribution is -0.133. The number of nitrogens with zero attached hydrogens (tertiary/aromatic N) is 4. The molecule has 23 heavy (non-hydrogen) atoms. The molecule has 6 heteroatoms. The quantitative estimate of drug-likeness (QED) is 0.810. The first-order valence-electron chi connectivity index (χ1n) is 8.17. The molecule has 0 spiro atoms. The third-order valence-corrected chi connectivity index (χ3v) is 5.26. The zero-order valence-corrected chi connectivity index (χ0v) is 14.5. The van der Waals surface area contributed by atoms with Crippen molar-refractivity contribution < 1.29 is 4.79 Å². The summed E-state index contributed by atoms with van der Waals surface area (Å²) in [6.45, 7) is 3.44. The van der Waals surface area contributed by atoms with Crippen LogP contribution in [0.25, 0.3) is 10.9 Å². The van der Waals surface area contributed by atoms with Gasteiger partial charge >= 0.3 is 0 Å². The van der Waals surface area contributed by atoms with Gasteiger partial charge < -0.3 is 9.80 Å². The molecular formula is C17H19BrN4O. The van der Waals surface area contributed by atoms with Gasteiger partial charge in [-0.1, -0.05) is 15.9 Å². The molecule has 2 fully saturated rings. The zero-order valence-electron chi connectivity index (χ0n) is 12.9.